The third-order valence-corrected chi connectivity index (χ3v) is 5.26. The first-order valence-corrected chi connectivity index (χ1v) is 8.83. The van der Waals surface area contributed by atoms with Crippen molar-refractivity contribution in [1.82, 2.24) is 0 Å². The molecule has 3 aromatic rings. The predicted octanol–water partition coefficient (Wildman–Crippen LogP) is 7.00. The molecule has 0 bridgehead atoms. The fourth-order valence-corrected chi connectivity index (χ4v) is 4.03. The molecule has 0 saturated carbocycles. The minimum Gasteiger partial charge on any atom is -0.0839 e. The van der Waals surface area contributed by atoms with Gasteiger partial charge >= 0.3 is 0 Å². The van der Waals surface area contributed by atoms with E-state index in [0.29, 0.717) is 5.92 Å². The molecule has 1 atom stereocenters. The number of hydrogen-bond acceptors (Lipinski definition) is 0. The van der Waals surface area contributed by atoms with Crippen molar-refractivity contribution in [3.63, 3.8) is 0 Å². The van der Waals surface area contributed by atoms with Crippen LogP contribution in [0.2, 0.25) is 0 Å². The van der Waals surface area contributed by atoms with Crippen LogP contribution in [0, 0.1) is 11.3 Å². The molecule has 120 valence electrons. The minimum absolute atomic E-state index is 0.245. The molecule has 0 fully saturated rings. The molecule has 0 saturated heterocycles. The molecule has 0 N–H and O–H groups in total. The maximum absolute atomic E-state index is 2.36. The van der Waals surface area contributed by atoms with Crippen LogP contribution >= 0.6 is 0 Å². The fourth-order valence-electron chi connectivity index (χ4n) is 4.03. The van der Waals surface area contributed by atoms with E-state index in [9.17, 15) is 0 Å². The van der Waals surface area contributed by atoms with Crippen molar-refractivity contribution in [2.45, 2.75) is 27.2 Å². The average molecular weight is 312 g/mol. The van der Waals surface area contributed by atoms with Crippen LogP contribution in [0.25, 0.3) is 27.1 Å². The maximum atomic E-state index is 2.36. The van der Waals surface area contributed by atoms with Gasteiger partial charge in [-0.05, 0) is 56.5 Å². The van der Waals surface area contributed by atoms with Crippen LogP contribution in [-0.4, -0.2) is 0 Å². The van der Waals surface area contributed by atoms with Gasteiger partial charge in [-0.25, -0.2) is 0 Å². The van der Waals surface area contributed by atoms with Crippen LogP contribution in [0.5, 0.6) is 0 Å². The first kappa shape index (κ1) is 15.2. The average Bonchev–Trinajstić information content (AvgIpc) is 2.59. The lowest BCUT2D eigenvalue weighted by molar-refractivity contribution is 0.304. The summed E-state index contributed by atoms with van der Waals surface area (Å²) >= 11 is 0. The largest absolute Gasteiger partial charge is 0.0839 e. The fraction of sp³-hybridized carbons (Fsp3) is 0.250. The highest BCUT2D eigenvalue weighted by Crippen LogP contribution is 2.45. The Kier molecular flexibility index (Phi) is 3.57. The topological polar surface area (TPSA) is 0 Å². The number of allylic oxidation sites excluding steroid dienone is 4. The Hall–Kier alpha value is -2.34. The van der Waals surface area contributed by atoms with E-state index in [2.05, 4.69) is 93.6 Å². The van der Waals surface area contributed by atoms with E-state index in [4.69, 9.17) is 0 Å². The first-order chi connectivity index (χ1) is 11.6. The number of fused-ring (bicyclic) bond motifs is 2. The van der Waals surface area contributed by atoms with E-state index in [1.807, 2.05) is 0 Å². The molecule has 0 unspecified atom stereocenters. The molecular weight excluding hydrogens is 288 g/mol. The quantitative estimate of drug-likeness (QED) is 0.424. The van der Waals surface area contributed by atoms with Gasteiger partial charge in [0.25, 0.3) is 0 Å². The number of rotatable bonds is 1. The van der Waals surface area contributed by atoms with Gasteiger partial charge < -0.3 is 0 Å². The third-order valence-electron chi connectivity index (χ3n) is 5.26. The highest BCUT2D eigenvalue weighted by atomic mass is 14.3. The van der Waals surface area contributed by atoms with Crippen molar-refractivity contribution in [2.75, 3.05) is 0 Å². The van der Waals surface area contributed by atoms with Crippen molar-refractivity contribution >= 4 is 27.1 Å². The van der Waals surface area contributed by atoms with E-state index in [0.717, 1.165) is 6.42 Å². The van der Waals surface area contributed by atoms with Crippen molar-refractivity contribution in [2.24, 2.45) is 11.3 Å². The summed E-state index contributed by atoms with van der Waals surface area (Å²) in [6, 6.07) is 19.9. The Bertz CT molecular complexity index is 910. The van der Waals surface area contributed by atoms with Crippen molar-refractivity contribution < 1.29 is 0 Å². The van der Waals surface area contributed by atoms with Gasteiger partial charge in [-0.3, -0.25) is 0 Å². The van der Waals surface area contributed by atoms with E-state index < -0.39 is 0 Å². The van der Waals surface area contributed by atoms with Crippen LogP contribution in [0.3, 0.4) is 0 Å². The lowest BCUT2D eigenvalue weighted by Crippen LogP contribution is -2.22. The second-order valence-corrected chi connectivity index (χ2v) is 7.90. The Morgan fingerprint density at radius 1 is 0.833 bits per heavy atom. The van der Waals surface area contributed by atoms with Crippen molar-refractivity contribution in [1.29, 1.82) is 0 Å². The SMILES string of the molecule is CC(C)(C)[C@@H]1CC=CC=C1c1c2ccccc2cc2ccccc12. The smallest absolute Gasteiger partial charge is 0.00641 e. The summed E-state index contributed by atoms with van der Waals surface area (Å²) in [6.07, 6.45) is 8.00. The molecule has 0 heteroatoms. The van der Waals surface area contributed by atoms with Crippen LogP contribution in [0.1, 0.15) is 32.8 Å². The molecule has 0 amide bonds. The zero-order valence-corrected chi connectivity index (χ0v) is 14.7. The first-order valence-electron chi connectivity index (χ1n) is 8.83. The minimum atomic E-state index is 0.245. The van der Waals surface area contributed by atoms with E-state index >= 15 is 0 Å². The van der Waals surface area contributed by atoms with Gasteiger partial charge in [0.15, 0.2) is 0 Å². The summed E-state index contributed by atoms with van der Waals surface area (Å²) < 4.78 is 0. The summed E-state index contributed by atoms with van der Waals surface area (Å²) in [5.41, 5.74) is 3.15. The maximum Gasteiger partial charge on any atom is -0.00641 e. The van der Waals surface area contributed by atoms with E-state index in [1.165, 1.54) is 32.7 Å². The Morgan fingerprint density at radius 2 is 1.42 bits per heavy atom. The van der Waals surface area contributed by atoms with Crippen molar-refractivity contribution in [3.05, 3.63) is 78.4 Å². The third kappa shape index (κ3) is 2.47. The molecule has 0 heterocycles. The summed E-state index contributed by atoms with van der Waals surface area (Å²) in [5, 5.41) is 5.39. The van der Waals surface area contributed by atoms with Gasteiger partial charge in [0.2, 0.25) is 0 Å². The second kappa shape index (κ2) is 5.63. The van der Waals surface area contributed by atoms with Gasteiger partial charge in [0.05, 0.1) is 0 Å². The van der Waals surface area contributed by atoms with Gasteiger partial charge in [-0.2, -0.15) is 0 Å². The standard InChI is InChI=1S/C24H24/c1-24(2,3)22-15-9-8-14-21(22)23-19-12-6-4-10-17(19)16-18-11-5-7-13-20(18)23/h4-14,16,22H,15H2,1-3H3/t22-/m1/s1. The molecule has 0 radical (unpaired) electrons. The molecule has 0 aromatic heterocycles. The molecule has 4 rings (SSSR count). The highest BCUT2D eigenvalue weighted by molar-refractivity contribution is 6.09. The zero-order chi connectivity index (χ0) is 16.7. The lowest BCUT2D eigenvalue weighted by Gasteiger charge is -2.35. The number of hydrogen-bond donors (Lipinski definition) is 0. The van der Waals surface area contributed by atoms with Crippen LogP contribution in [0.4, 0.5) is 0 Å². The molecule has 0 aliphatic heterocycles. The second-order valence-electron chi connectivity index (χ2n) is 7.90. The molecule has 1 aliphatic carbocycles. The molecule has 1 aliphatic rings. The Balaban J connectivity index is 2.10. The molecule has 0 nitrogen and oxygen atoms in total. The van der Waals surface area contributed by atoms with Crippen LogP contribution in [-0.2, 0) is 0 Å². The lowest BCUT2D eigenvalue weighted by atomic mass is 9.70. The molecule has 0 spiro atoms. The summed E-state index contributed by atoms with van der Waals surface area (Å²) in [4.78, 5) is 0. The Morgan fingerprint density at radius 3 is 2.00 bits per heavy atom. The summed E-state index contributed by atoms with van der Waals surface area (Å²) in [5.74, 6) is 0.539. The molecular formula is C24H24. The van der Waals surface area contributed by atoms with Gasteiger partial charge in [-0.15, -0.1) is 0 Å². The van der Waals surface area contributed by atoms with Crippen molar-refractivity contribution in [3.8, 4) is 0 Å². The van der Waals surface area contributed by atoms with Gasteiger partial charge in [-0.1, -0.05) is 87.5 Å². The normalized spacial score (nSPS) is 18.1. The van der Waals surface area contributed by atoms with Crippen LogP contribution in [0.15, 0.2) is 72.8 Å². The number of benzene rings is 3. The molecule has 24 heavy (non-hydrogen) atoms. The highest BCUT2D eigenvalue weighted by Gasteiger charge is 2.30. The van der Waals surface area contributed by atoms with E-state index in [-0.39, 0.29) is 5.41 Å². The predicted molar refractivity (Wildman–Crippen MR) is 106 cm³/mol. The van der Waals surface area contributed by atoms with Gasteiger partial charge in [0.1, 0.15) is 0 Å². The summed E-state index contributed by atoms with van der Waals surface area (Å²) in [7, 11) is 0. The summed E-state index contributed by atoms with van der Waals surface area (Å²) in [6.45, 7) is 7.08. The monoisotopic (exact) mass is 312 g/mol. The van der Waals surface area contributed by atoms with Crippen LogP contribution < -0.4 is 0 Å². The van der Waals surface area contributed by atoms with E-state index in [1.54, 1.807) is 0 Å². The Labute approximate surface area is 144 Å². The zero-order valence-electron chi connectivity index (χ0n) is 14.7. The molecule has 3 aromatic carbocycles. The van der Waals surface area contributed by atoms with Gasteiger partial charge in [0, 0.05) is 0 Å².